The molecule has 0 radical (unpaired) electrons. The number of carbonyl (C=O) groups is 1. The molecule has 1 aliphatic rings. The molecule has 0 unspecified atom stereocenters. The Bertz CT molecular complexity index is 782. The third-order valence-electron chi connectivity index (χ3n) is 3.13. The van der Waals surface area contributed by atoms with Crippen LogP contribution in [0.3, 0.4) is 0 Å². The predicted octanol–water partition coefficient (Wildman–Crippen LogP) is 0.967. The van der Waals surface area contributed by atoms with Crippen LogP contribution in [0.2, 0.25) is 0 Å². The van der Waals surface area contributed by atoms with E-state index in [0.29, 0.717) is 17.1 Å². The maximum Gasteiger partial charge on any atom is 0.255 e. The van der Waals surface area contributed by atoms with Crippen LogP contribution in [0, 0.1) is 22.7 Å². The number of hydrogen-bond acceptors (Lipinski definition) is 7. The van der Waals surface area contributed by atoms with Crippen LogP contribution in [-0.2, 0) is 4.79 Å². The number of amides is 1. The number of amidine groups is 1. The lowest BCUT2D eigenvalue weighted by molar-refractivity contribution is -0.125. The van der Waals surface area contributed by atoms with E-state index >= 15 is 0 Å². The third kappa shape index (κ3) is 2.92. The lowest BCUT2D eigenvalue weighted by Crippen LogP contribution is -2.20. The van der Waals surface area contributed by atoms with Gasteiger partial charge in [0.25, 0.3) is 5.91 Å². The van der Waals surface area contributed by atoms with Crippen molar-refractivity contribution in [2.24, 2.45) is 10.8 Å². The van der Waals surface area contributed by atoms with E-state index in [9.17, 15) is 15.3 Å². The van der Waals surface area contributed by atoms with Crippen LogP contribution in [-0.4, -0.2) is 31.0 Å². The highest BCUT2D eigenvalue weighted by Crippen LogP contribution is 2.34. The predicted molar refractivity (Wildman–Crippen MR) is 80.8 cm³/mol. The normalized spacial score (nSPS) is 13.0. The standard InChI is InChI=1S/C15H13N5O3/c1-22-11-4-3-9(5-12(11)23-2)15(10(7-16)8-17)20-14(21)6-13(18)19-20/h3-5H,6H2,1-2H3,(H2,18,19). The Morgan fingerprint density at radius 2 is 1.91 bits per heavy atom. The molecule has 8 nitrogen and oxygen atoms in total. The first kappa shape index (κ1) is 15.9. The fourth-order valence-electron chi connectivity index (χ4n) is 2.11. The van der Waals surface area contributed by atoms with Gasteiger partial charge >= 0.3 is 0 Å². The van der Waals surface area contributed by atoms with Gasteiger partial charge in [0.05, 0.1) is 20.6 Å². The van der Waals surface area contributed by atoms with Gasteiger partial charge in [-0.25, -0.2) is 0 Å². The third-order valence-corrected chi connectivity index (χ3v) is 3.13. The number of nitrogens with two attached hydrogens (primary N) is 1. The minimum absolute atomic E-state index is 0.0569. The summed E-state index contributed by atoms with van der Waals surface area (Å²) < 4.78 is 10.4. The van der Waals surface area contributed by atoms with E-state index in [1.165, 1.54) is 14.2 Å². The molecule has 0 atom stereocenters. The number of nitriles is 2. The summed E-state index contributed by atoms with van der Waals surface area (Å²) in [6.07, 6.45) is -0.0685. The molecule has 1 heterocycles. The average Bonchev–Trinajstić information content (AvgIpc) is 2.89. The van der Waals surface area contributed by atoms with Gasteiger partial charge in [-0.2, -0.15) is 20.6 Å². The molecule has 1 amide bonds. The topological polar surface area (TPSA) is 125 Å². The van der Waals surface area contributed by atoms with Crippen LogP contribution < -0.4 is 15.2 Å². The smallest absolute Gasteiger partial charge is 0.255 e. The molecular weight excluding hydrogens is 298 g/mol. The SMILES string of the molecule is COc1ccc(C(=C(C#N)C#N)N2N=C(N)CC2=O)cc1OC. The van der Waals surface area contributed by atoms with E-state index in [2.05, 4.69) is 5.10 Å². The van der Waals surface area contributed by atoms with Gasteiger partial charge in [-0.15, -0.1) is 0 Å². The van der Waals surface area contributed by atoms with Crippen molar-refractivity contribution in [3.63, 3.8) is 0 Å². The number of nitrogens with zero attached hydrogens (tertiary/aromatic N) is 4. The molecule has 1 aromatic rings. The molecule has 0 saturated carbocycles. The zero-order chi connectivity index (χ0) is 17.0. The first-order chi connectivity index (χ1) is 11.0. The van der Waals surface area contributed by atoms with Crippen molar-refractivity contribution in [3.05, 3.63) is 29.3 Å². The highest BCUT2D eigenvalue weighted by atomic mass is 16.5. The minimum Gasteiger partial charge on any atom is -0.493 e. The summed E-state index contributed by atoms with van der Waals surface area (Å²) in [5.41, 5.74) is 5.78. The molecule has 0 spiro atoms. The number of hydrazone groups is 1. The lowest BCUT2D eigenvalue weighted by Gasteiger charge is -2.17. The van der Waals surface area contributed by atoms with Gasteiger partial charge in [0, 0.05) is 5.56 Å². The number of benzene rings is 1. The summed E-state index contributed by atoms with van der Waals surface area (Å²) in [7, 11) is 2.94. The van der Waals surface area contributed by atoms with Crippen LogP contribution in [0.25, 0.3) is 5.70 Å². The molecule has 116 valence electrons. The van der Waals surface area contributed by atoms with Crippen molar-refractivity contribution in [1.82, 2.24) is 5.01 Å². The van der Waals surface area contributed by atoms with Gasteiger partial charge in [0.2, 0.25) is 0 Å². The number of ether oxygens (including phenoxy) is 2. The number of carbonyl (C=O) groups excluding carboxylic acids is 1. The van der Waals surface area contributed by atoms with Gasteiger partial charge in [-0.3, -0.25) is 4.79 Å². The average molecular weight is 311 g/mol. The first-order valence-electron chi connectivity index (χ1n) is 6.48. The molecular formula is C15H13N5O3. The second-order valence-corrected chi connectivity index (χ2v) is 4.49. The molecule has 0 fully saturated rings. The quantitative estimate of drug-likeness (QED) is 0.826. The summed E-state index contributed by atoms with van der Waals surface area (Å²) in [5.74, 6) is 0.557. The van der Waals surface area contributed by atoms with Gasteiger partial charge < -0.3 is 15.2 Å². The fraction of sp³-hybridized carbons (Fsp3) is 0.200. The molecule has 23 heavy (non-hydrogen) atoms. The second-order valence-electron chi connectivity index (χ2n) is 4.49. The maximum absolute atomic E-state index is 12.0. The highest BCUT2D eigenvalue weighted by molar-refractivity contribution is 6.07. The van der Waals surface area contributed by atoms with Crippen LogP contribution in [0.1, 0.15) is 12.0 Å². The minimum atomic E-state index is -0.421. The molecule has 2 rings (SSSR count). The summed E-state index contributed by atoms with van der Waals surface area (Å²) >= 11 is 0. The van der Waals surface area contributed by atoms with Gasteiger partial charge in [0.1, 0.15) is 23.7 Å². The number of rotatable bonds is 4. The molecule has 1 aromatic carbocycles. The van der Waals surface area contributed by atoms with Crippen molar-refractivity contribution in [1.29, 1.82) is 10.5 Å². The monoisotopic (exact) mass is 311 g/mol. The Morgan fingerprint density at radius 1 is 1.26 bits per heavy atom. The Hall–Kier alpha value is -3.52. The Labute approximate surface area is 132 Å². The first-order valence-corrected chi connectivity index (χ1v) is 6.48. The van der Waals surface area contributed by atoms with Crippen molar-refractivity contribution < 1.29 is 14.3 Å². The van der Waals surface area contributed by atoms with Crippen molar-refractivity contribution in [3.8, 4) is 23.6 Å². The van der Waals surface area contributed by atoms with Crippen LogP contribution >= 0.6 is 0 Å². The summed E-state index contributed by atoms with van der Waals surface area (Å²) in [4.78, 5) is 12.0. The van der Waals surface area contributed by atoms with E-state index in [1.54, 1.807) is 30.3 Å². The molecule has 2 N–H and O–H groups in total. The number of allylic oxidation sites excluding steroid dienone is 1. The maximum atomic E-state index is 12.0. The van der Waals surface area contributed by atoms with Crippen LogP contribution in [0.4, 0.5) is 0 Å². The highest BCUT2D eigenvalue weighted by Gasteiger charge is 2.29. The molecule has 0 aliphatic carbocycles. The molecule has 0 saturated heterocycles. The fourth-order valence-corrected chi connectivity index (χ4v) is 2.11. The van der Waals surface area contributed by atoms with Gasteiger partial charge in [-0.1, -0.05) is 0 Å². The Morgan fingerprint density at radius 3 is 2.39 bits per heavy atom. The van der Waals surface area contributed by atoms with Crippen molar-refractivity contribution in [2.75, 3.05) is 14.2 Å². The van der Waals surface area contributed by atoms with Crippen molar-refractivity contribution in [2.45, 2.75) is 6.42 Å². The van der Waals surface area contributed by atoms with Crippen LogP contribution in [0.15, 0.2) is 28.9 Å². The van der Waals surface area contributed by atoms with E-state index < -0.39 is 5.91 Å². The molecule has 0 bridgehead atoms. The largest absolute Gasteiger partial charge is 0.493 e. The summed E-state index contributed by atoms with van der Waals surface area (Å²) in [6, 6.07) is 8.30. The van der Waals surface area contributed by atoms with E-state index in [0.717, 1.165) is 5.01 Å². The lowest BCUT2D eigenvalue weighted by atomic mass is 10.1. The van der Waals surface area contributed by atoms with E-state index in [-0.39, 0.29) is 23.5 Å². The second kappa shape index (κ2) is 6.50. The van der Waals surface area contributed by atoms with Gasteiger partial charge in [0.15, 0.2) is 17.1 Å². The zero-order valence-electron chi connectivity index (χ0n) is 12.5. The Kier molecular flexibility index (Phi) is 4.48. The van der Waals surface area contributed by atoms with E-state index in [4.69, 9.17) is 15.2 Å². The van der Waals surface area contributed by atoms with E-state index in [1.807, 2.05) is 0 Å². The number of hydrogen-bond donors (Lipinski definition) is 1. The Balaban J connectivity index is 2.66. The molecule has 1 aliphatic heterocycles. The molecule has 8 heteroatoms. The summed E-state index contributed by atoms with van der Waals surface area (Å²) in [6.45, 7) is 0. The summed E-state index contributed by atoms with van der Waals surface area (Å²) in [5, 5.41) is 23.3. The zero-order valence-corrected chi connectivity index (χ0v) is 12.5. The van der Waals surface area contributed by atoms with Crippen molar-refractivity contribution >= 4 is 17.4 Å². The molecule has 0 aromatic heterocycles. The number of methoxy groups -OCH3 is 2. The van der Waals surface area contributed by atoms with Crippen LogP contribution in [0.5, 0.6) is 11.5 Å². The van der Waals surface area contributed by atoms with Gasteiger partial charge in [-0.05, 0) is 18.2 Å².